The number of phenols is 1. The molecule has 1 amide bonds. The van der Waals surface area contributed by atoms with Gasteiger partial charge in [0.15, 0.2) is 0 Å². The van der Waals surface area contributed by atoms with Crippen LogP contribution in [0, 0.1) is 20.2 Å². The van der Waals surface area contributed by atoms with Gasteiger partial charge >= 0.3 is 5.69 Å². The molecule has 2 aromatic carbocycles. The van der Waals surface area contributed by atoms with E-state index in [0.29, 0.717) is 11.6 Å². The summed E-state index contributed by atoms with van der Waals surface area (Å²) in [7, 11) is 0. The van der Waals surface area contributed by atoms with E-state index in [2.05, 4.69) is 15.4 Å². The number of hydrogen-bond donors (Lipinski definition) is 2. The minimum atomic E-state index is -0.944. The highest BCUT2D eigenvalue weighted by Crippen LogP contribution is 2.33. The first-order valence-corrected chi connectivity index (χ1v) is 8.71. The lowest BCUT2D eigenvalue weighted by atomic mass is 10.1. The maximum absolute atomic E-state index is 12.2. The molecule has 0 saturated carbocycles. The Bertz CT molecular complexity index is 983. The second kappa shape index (κ2) is 8.33. The third-order valence-electron chi connectivity index (χ3n) is 4.48. The van der Waals surface area contributed by atoms with Crippen LogP contribution >= 0.6 is 0 Å². The summed E-state index contributed by atoms with van der Waals surface area (Å²) in [4.78, 5) is 34.5. The molecule has 0 atom stereocenters. The zero-order valence-electron chi connectivity index (χ0n) is 15.1. The number of nitrogens with zero attached hydrogens (tertiary/aromatic N) is 4. The molecule has 2 aromatic rings. The van der Waals surface area contributed by atoms with E-state index in [9.17, 15) is 30.1 Å². The van der Waals surface area contributed by atoms with Crippen LogP contribution in [-0.4, -0.2) is 40.2 Å². The summed E-state index contributed by atoms with van der Waals surface area (Å²) in [6.07, 6.45) is 3.19. The summed E-state index contributed by atoms with van der Waals surface area (Å²) in [5, 5.41) is 35.4. The van der Waals surface area contributed by atoms with Gasteiger partial charge in [-0.15, -0.1) is 0 Å². The van der Waals surface area contributed by atoms with Crippen molar-refractivity contribution in [1.29, 1.82) is 0 Å². The molecule has 2 N–H and O–H groups in total. The molecule has 0 aromatic heterocycles. The van der Waals surface area contributed by atoms with Crippen LogP contribution in [0.5, 0.6) is 5.75 Å². The van der Waals surface area contributed by atoms with Gasteiger partial charge in [0.05, 0.1) is 27.7 Å². The zero-order valence-corrected chi connectivity index (χ0v) is 15.1. The topological polar surface area (TPSA) is 151 Å². The molecule has 3 rings (SSSR count). The molecule has 1 fully saturated rings. The van der Waals surface area contributed by atoms with Crippen molar-refractivity contribution >= 4 is 29.2 Å². The predicted octanol–water partition coefficient (Wildman–Crippen LogP) is 2.57. The zero-order chi connectivity index (χ0) is 21.0. The number of hydrogen-bond acceptors (Lipinski definition) is 8. The lowest BCUT2D eigenvalue weighted by Gasteiger charge is -2.17. The van der Waals surface area contributed by atoms with E-state index in [0.717, 1.165) is 43.9 Å². The van der Waals surface area contributed by atoms with Crippen LogP contribution in [0.1, 0.15) is 28.8 Å². The highest BCUT2D eigenvalue weighted by atomic mass is 16.6. The molecule has 0 aliphatic carbocycles. The Labute approximate surface area is 164 Å². The number of hydrazone groups is 1. The van der Waals surface area contributed by atoms with Gasteiger partial charge in [0.25, 0.3) is 11.6 Å². The Morgan fingerprint density at radius 2 is 1.76 bits per heavy atom. The first kappa shape index (κ1) is 19.7. The second-order valence-electron chi connectivity index (χ2n) is 6.36. The molecule has 0 radical (unpaired) electrons. The molecule has 1 saturated heterocycles. The second-order valence-corrected chi connectivity index (χ2v) is 6.36. The monoisotopic (exact) mass is 399 g/mol. The number of nitro benzene ring substituents is 2. The maximum atomic E-state index is 12.2. The number of non-ortho nitro benzene ring substituents is 1. The van der Waals surface area contributed by atoms with Crippen LogP contribution in [0.4, 0.5) is 17.1 Å². The van der Waals surface area contributed by atoms with Crippen LogP contribution in [-0.2, 0) is 0 Å². The van der Waals surface area contributed by atoms with Crippen LogP contribution < -0.4 is 10.3 Å². The van der Waals surface area contributed by atoms with Gasteiger partial charge in [-0.05, 0) is 37.1 Å². The Hall–Kier alpha value is -4.02. The molecule has 1 heterocycles. The largest absolute Gasteiger partial charge is 0.502 e. The predicted molar refractivity (Wildman–Crippen MR) is 104 cm³/mol. The lowest BCUT2D eigenvalue weighted by molar-refractivity contribution is -0.394. The first-order chi connectivity index (χ1) is 13.9. The Kier molecular flexibility index (Phi) is 5.67. The van der Waals surface area contributed by atoms with Gasteiger partial charge in [-0.1, -0.05) is 0 Å². The number of carbonyl (C=O) groups is 1. The summed E-state index contributed by atoms with van der Waals surface area (Å²) in [6, 6.07) is 8.53. The number of benzene rings is 2. The van der Waals surface area contributed by atoms with Gasteiger partial charge in [0, 0.05) is 30.4 Å². The van der Waals surface area contributed by atoms with Crippen molar-refractivity contribution in [2.75, 3.05) is 18.0 Å². The van der Waals surface area contributed by atoms with Crippen LogP contribution in [0.25, 0.3) is 0 Å². The van der Waals surface area contributed by atoms with Crippen molar-refractivity contribution in [2.45, 2.75) is 12.8 Å². The van der Waals surface area contributed by atoms with Gasteiger partial charge in [-0.3, -0.25) is 25.0 Å². The van der Waals surface area contributed by atoms with Gasteiger partial charge in [0.2, 0.25) is 5.75 Å². The Morgan fingerprint density at radius 1 is 1.10 bits per heavy atom. The Morgan fingerprint density at radius 3 is 2.34 bits per heavy atom. The molecular formula is C18H17N5O6. The van der Waals surface area contributed by atoms with Crippen LogP contribution in [0.3, 0.4) is 0 Å². The number of phenolic OH excluding ortho intramolecular Hbond substituents is 1. The summed E-state index contributed by atoms with van der Waals surface area (Å²) < 4.78 is 0. The third-order valence-corrected chi connectivity index (χ3v) is 4.48. The minimum absolute atomic E-state index is 0.268. The Balaban J connectivity index is 1.72. The van der Waals surface area contributed by atoms with Crippen molar-refractivity contribution in [3.8, 4) is 5.75 Å². The van der Waals surface area contributed by atoms with Crippen molar-refractivity contribution in [2.24, 2.45) is 5.10 Å². The highest BCUT2D eigenvalue weighted by Gasteiger charge is 2.23. The van der Waals surface area contributed by atoms with E-state index >= 15 is 0 Å². The molecule has 0 spiro atoms. The van der Waals surface area contributed by atoms with Gasteiger partial charge in [-0.25, -0.2) is 5.43 Å². The van der Waals surface area contributed by atoms with Crippen LogP contribution in [0.15, 0.2) is 41.5 Å². The molecule has 150 valence electrons. The van der Waals surface area contributed by atoms with Crippen molar-refractivity contribution in [3.63, 3.8) is 0 Å². The summed E-state index contributed by atoms with van der Waals surface area (Å²) in [6.45, 7) is 1.96. The lowest BCUT2D eigenvalue weighted by Crippen LogP contribution is -2.19. The average Bonchev–Trinajstić information content (AvgIpc) is 3.23. The van der Waals surface area contributed by atoms with Crippen LogP contribution in [0.2, 0.25) is 0 Å². The SMILES string of the molecule is O=C(N/N=C\c1cc([N+](=O)[O-])cc([N+](=O)[O-])c1O)c1ccc(N2CCCC2)cc1. The van der Waals surface area contributed by atoms with Crippen molar-refractivity contribution < 1.29 is 19.7 Å². The quantitative estimate of drug-likeness (QED) is 0.430. The van der Waals surface area contributed by atoms with Gasteiger partial charge in [-0.2, -0.15) is 5.10 Å². The number of nitro groups is 2. The number of rotatable bonds is 6. The van der Waals surface area contributed by atoms with E-state index in [1.54, 1.807) is 12.1 Å². The van der Waals surface area contributed by atoms with E-state index in [4.69, 9.17) is 0 Å². The minimum Gasteiger partial charge on any atom is -0.502 e. The number of aromatic hydroxyl groups is 1. The molecule has 0 bridgehead atoms. The van der Waals surface area contributed by atoms with Crippen molar-refractivity contribution in [3.05, 3.63) is 67.8 Å². The number of carbonyl (C=O) groups excluding carboxylic acids is 1. The standard InChI is InChI=1S/C18H17N5O6/c24-17-13(9-15(22(26)27)10-16(17)23(28)29)11-19-20-18(25)12-3-5-14(6-4-12)21-7-1-2-8-21/h3-6,9-11,24H,1-2,7-8H2,(H,20,25)/b19-11-. The summed E-state index contributed by atoms with van der Waals surface area (Å²) in [5.74, 6) is -1.32. The smallest absolute Gasteiger partial charge is 0.318 e. The number of anilines is 1. The molecule has 11 heteroatoms. The normalized spacial score (nSPS) is 13.6. The van der Waals surface area contributed by atoms with Gasteiger partial charge < -0.3 is 10.0 Å². The molecular weight excluding hydrogens is 382 g/mol. The van der Waals surface area contributed by atoms with E-state index in [1.807, 2.05) is 12.1 Å². The molecule has 0 unspecified atom stereocenters. The van der Waals surface area contributed by atoms with Gasteiger partial charge in [0.1, 0.15) is 0 Å². The van der Waals surface area contributed by atoms with E-state index in [-0.39, 0.29) is 5.56 Å². The fourth-order valence-electron chi connectivity index (χ4n) is 2.99. The van der Waals surface area contributed by atoms with Crippen molar-refractivity contribution in [1.82, 2.24) is 5.43 Å². The fraction of sp³-hybridized carbons (Fsp3) is 0.222. The summed E-state index contributed by atoms with van der Waals surface area (Å²) in [5.41, 5.74) is 1.92. The molecule has 1 aliphatic rings. The molecule has 11 nitrogen and oxygen atoms in total. The average molecular weight is 399 g/mol. The molecule has 1 aliphatic heterocycles. The first-order valence-electron chi connectivity index (χ1n) is 8.71. The van der Waals surface area contributed by atoms with E-state index in [1.165, 1.54) is 0 Å². The molecule has 29 heavy (non-hydrogen) atoms. The van der Waals surface area contributed by atoms with E-state index < -0.39 is 32.9 Å². The summed E-state index contributed by atoms with van der Waals surface area (Å²) >= 11 is 0. The maximum Gasteiger partial charge on any atom is 0.318 e. The number of amides is 1. The number of nitrogens with one attached hydrogen (secondary N) is 1. The third kappa shape index (κ3) is 4.46. The fourth-order valence-corrected chi connectivity index (χ4v) is 2.99. The highest BCUT2D eigenvalue weighted by molar-refractivity contribution is 5.95.